The molecule has 8 heteroatoms. The monoisotopic (exact) mass is 350 g/mol. The van der Waals surface area contributed by atoms with Crippen molar-refractivity contribution in [3.63, 3.8) is 0 Å². The molecule has 0 unspecified atom stereocenters. The molecule has 7 nitrogen and oxygen atoms in total. The van der Waals surface area contributed by atoms with Gasteiger partial charge < -0.3 is 10.0 Å². The van der Waals surface area contributed by atoms with Gasteiger partial charge in [-0.15, -0.1) is 5.10 Å². The van der Waals surface area contributed by atoms with Crippen LogP contribution in [-0.2, 0) is 0 Å². The summed E-state index contributed by atoms with van der Waals surface area (Å²) in [4.78, 5) is 24.6. The van der Waals surface area contributed by atoms with Gasteiger partial charge in [-0.25, -0.2) is 9.48 Å². The van der Waals surface area contributed by atoms with Crippen molar-refractivity contribution in [3.8, 4) is 0 Å². The quantitative estimate of drug-likeness (QED) is 0.904. The van der Waals surface area contributed by atoms with Gasteiger partial charge in [0.1, 0.15) is 0 Å². The molecule has 1 aromatic heterocycles. The molecule has 1 aromatic carbocycles. The molecule has 0 radical (unpaired) electrons. The van der Waals surface area contributed by atoms with Gasteiger partial charge in [0.05, 0.1) is 12.2 Å². The first-order chi connectivity index (χ1) is 10.0. The number of aromatic carboxylic acids is 1. The Hall–Kier alpha value is -2.22. The predicted molar refractivity (Wildman–Crippen MR) is 76.1 cm³/mol. The van der Waals surface area contributed by atoms with Gasteiger partial charge in [-0.1, -0.05) is 21.1 Å². The number of hydrogen-bond acceptors (Lipinski definition) is 4. The van der Waals surface area contributed by atoms with Crippen molar-refractivity contribution in [1.82, 2.24) is 19.9 Å². The third-order valence-corrected chi connectivity index (χ3v) is 3.87. The zero-order valence-electron chi connectivity index (χ0n) is 10.8. The van der Waals surface area contributed by atoms with Crippen LogP contribution in [0.15, 0.2) is 34.9 Å². The molecule has 1 fully saturated rings. The number of carboxylic acid groups (broad SMARTS) is 1. The second-order valence-corrected chi connectivity index (χ2v) is 5.68. The smallest absolute Gasteiger partial charge is 0.358 e. The molecule has 0 aliphatic carbocycles. The maximum atomic E-state index is 12.2. The number of carbonyl (C=O) groups excluding carboxylic acids is 1. The second kappa shape index (κ2) is 5.28. The number of carboxylic acids is 1. The van der Waals surface area contributed by atoms with E-state index in [0.29, 0.717) is 18.7 Å². The summed E-state index contributed by atoms with van der Waals surface area (Å²) in [5, 5.41) is 16.1. The van der Waals surface area contributed by atoms with Gasteiger partial charge in [-0.05, 0) is 24.3 Å². The van der Waals surface area contributed by atoms with Gasteiger partial charge >= 0.3 is 5.97 Å². The Morgan fingerprint density at radius 1 is 1.24 bits per heavy atom. The van der Waals surface area contributed by atoms with Crippen LogP contribution in [0.4, 0.5) is 0 Å². The third-order valence-electron chi connectivity index (χ3n) is 3.34. The number of likely N-dealkylation sites (tertiary alicyclic amines) is 1. The molecule has 0 atom stereocenters. The fourth-order valence-electron chi connectivity index (χ4n) is 2.12. The molecule has 1 aliphatic rings. The van der Waals surface area contributed by atoms with Crippen LogP contribution in [0.2, 0.25) is 0 Å². The predicted octanol–water partition coefficient (Wildman–Crippen LogP) is 1.44. The first kappa shape index (κ1) is 13.7. The lowest BCUT2D eigenvalue weighted by molar-refractivity contribution is 0.0497. The average Bonchev–Trinajstić information content (AvgIpc) is 2.87. The van der Waals surface area contributed by atoms with Gasteiger partial charge in [-0.3, -0.25) is 4.79 Å². The van der Waals surface area contributed by atoms with E-state index in [1.54, 1.807) is 17.0 Å². The Morgan fingerprint density at radius 2 is 1.90 bits per heavy atom. The van der Waals surface area contributed by atoms with Crippen molar-refractivity contribution in [2.75, 3.05) is 13.1 Å². The topological polar surface area (TPSA) is 88.3 Å². The molecule has 108 valence electrons. The summed E-state index contributed by atoms with van der Waals surface area (Å²) in [5.74, 6) is -1.15. The largest absolute Gasteiger partial charge is 0.476 e. The van der Waals surface area contributed by atoms with Crippen molar-refractivity contribution in [2.45, 2.75) is 6.04 Å². The van der Waals surface area contributed by atoms with Crippen molar-refractivity contribution in [2.24, 2.45) is 0 Å². The number of halogens is 1. The van der Waals surface area contributed by atoms with E-state index >= 15 is 0 Å². The van der Waals surface area contributed by atoms with Crippen LogP contribution in [0, 0.1) is 0 Å². The molecule has 2 aromatic rings. The minimum Gasteiger partial charge on any atom is -0.476 e. The SMILES string of the molecule is O=C(O)c1cn(C2CN(C(=O)c3ccc(Br)cc3)C2)nn1. The molecule has 1 amide bonds. The molecule has 1 N–H and O–H groups in total. The standard InChI is InChI=1S/C13H11BrN4O3/c14-9-3-1-8(2-4-9)12(19)17-5-10(6-17)18-7-11(13(20)21)15-16-18/h1-4,7,10H,5-6H2,(H,20,21). The fourth-order valence-corrected chi connectivity index (χ4v) is 2.38. The first-order valence-corrected chi connectivity index (χ1v) is 7.04. The molecule has 0 bridgehead atoms. The zero-order valence-corrected chi connectivity index (χ0v) is 12.4. The van der Waals surface area contributed by atoms with Crippen LogP contribution in [0.3, 0.4) is 0 Å². The normalized spacial score (nSPS) is 14.8. The highest BCUT2D eigenvalue weighted by molar-refractivity contribution is 9.10. The van der Waals surface area contributed by atoms with Crippen LogP contribution >= 0.6 is 15.9 Å². The van der Waals surface area contributed by atoms with E-state index in [-0.39, 0.29) is 17.6 Å². The molecular formula is C13H11BrN4O3. The van der Waals surface area contributed by atoms with Gasteiger partial charge in [-0.2, -0.15) is 0 Å². The van der Waals surface area contributed by atoms with Crippen molar-refractivity contribution < 1.29 is 14.7 Å². The van der Waals surface area contributed by atoms with Crippen LogP contribution in [0.25, 0.3) is 0 Å². The number of nitrogens with zero attached hydrogens (tertiary/aromatic N) is 4. The Morgan fingerprint density at radius 3 is 2.48 bits per heavy atom. The Kier molecular flexibility index (Phi) is 3.46. The van der Waals surface area contributed by atoms with E-state index < -0.39 is 5.97 Å². The Bertz CT molecular complexity index is 692. The third kappa shape index (κ3) is 2.66. The van der Waals surface area contributed by atoms with Crippen LogP contribution in [0.5, 0.6) is 0 Å². The summed E-state index contributed by atoms with van der Waals surface area (Å²) in [6.45, 7) is 0.995. The first-order valence-electron chi connectivity index (χ1n) is 6.24. The lowest BCUT2D eigenvalue weighted by atomic mass is 10.1. The van der Waals surface area contributed by atoms with Gasteiger partial charge in [0.25, 0.3) is 5.91 Å². The van der Waals surface area contributed by atoms with E-state index in [1.807, 2.05) is 12.1 Å². The van der Waals surface area contributed by atoms with E-state index in [0.717, 1.165) is 4.47 Å². The minimum absolute atomic E-state index is 0.0231. The number of rotatable bonds is 3. The molecular weight excluding hydrogens is 340 g/mol. The van der Waals surface area contributed by atoms with E-state index in [4.69, 9.17) is 5.11 Å². The number of benzene rings is 1. The summed E-state index contributed by atoms with van der Waals surface area (Å²) in [7, 11) is 0. The molecule has 1 saturated heterocycles. The zero-order chi connectivity index (χ0) is 15.0. The Balaban J connectivity index is 1.63. The highest BCUT2D eigenvalue weighted by Gasteiger charge is 2.33. The fraction of sp³-hybridized carbons (Fsp3) is 0.231. The van der Waals surface area contributed by atoms with Crippen LogP contribution in [-0.4, -0.2) is 50.0 Å². The summed E-state index contributed by atoms with van der Waals surface area (Å²) in [6.07, 6.45) is 1.38. The highest BCUT2D eigenvalue weighted by atomic mass is 79.9. The number of carbonyl (C=O) groups is 2. The van der Waals surface area contributed by atoms with Crippen LogP contribution < -0.4 is 0 Å². The molecule has 21 heavy (non-hydrogen) atoms. The van der Waals surface area contributed by atoms with E-state index in [2.05, 4.69) is 26.2 Å². The van der Waals surface area contributed by atoms with E-state index in [9.17, 15) is 9.59 Å². The Labute approximate surface area is 128 Å². The number of aromatic nitrogens is 3. The van der Waals surface area contributed by atoms with Crippen molar-refractivity contribution in [3.05, 3.63) is 46.2 Å². The summed E-state index contributed by atoms with van der Waals surface area (Å²) in [5.41, 5.74) is 0.536. The second-order valence-electron chi connectivity index (χ2n) is 4.76. The molecule has 3 rings (SSSR count). The minimum atomic E-state index is -1.11. The summed E-state index contributed by atoms with van der Waals surface area (Å²) >= 11 is 3.33. The molecule has 2 heterocycles. The summed E-state index contributed by atoms with van der Waals surface area (Å²) in [6, 6.07) is 7.14. The molecule has 1 aliphatic heterocycles. The van der Waals surface area contributed by atoms with Crippen molar-refractivity contribution >= 4 is 27.8 Å². The van der Waals surface area contributed by atoms with E-state index in [1.165, 1.54) is 10.9 Å². The maximum absolute atomic E-state index is 12.2. The number of hydrogen-bond donors (Lipinski definition) is 1. The average molecular weight is 351 g/mol. The van der Waals surface area contributed by atoms with Crippen molar-refractivity contribution in [1.29, 1.82) is 0 Å². The summed E-state index contributed by atoms with van der Waals surface area (Å²) < 4.78 is 2.42. The maximum Gasteiger partial charge on any atom is 0.358 e. The molecule has 0 spiro atoms. The van der Waals surface area contributed by atoms with Gasteiger partial charge in [0.2, 0.25) is 0 Å². The number of amides is 1. The lowest BCUT2D eigenvalue weighted by Crippen LogP contribution is -2.50. The van der Waals surface area contributed by atoms with Gasteiger partial charge in [0.15, 0.2) is 5.69 Å². The van der Waals surface area contributed by atoms with Crippen LogP contribution in [0.1, 0.15) is 26.9 Å². The molecule has 0 saturated carbocycles. The highest BCUT2D eigenvalue weighted by Crippen LogP contribution is 2.23. The van der Waals surface area contributed by atoms with Gasteiger partial charge in [0, 0.05) is 23.1 Å². The lowest BCUT2D eigenvalue weighted by Gasteiger charge is -2.38.